The number of anilines is 1. The van der Waals surface area contributed by atoms with Gasteiger partial charge in [-0.1, -0.05) is 55.2 Å². The first-order valence-electron chi connectivity index (χ1n) is 17.1. The smallest absolute Gasteiger partial charge is 0.255 e. The van der Waals surface area contributed by atoms with E-state index in [0.717, 1.165) is 60.0 Å². The van der Waals surface area contributed by atoms with Gasteiger partial charge >= 0.3 is 0 Å². The maximum Gasteiger partial charge on any atom is 0.255 e. The highest BCUT2D eigenvalue weighted by molar-refractivity contribution is 6.01. The fraction of sp³-hybridized carbons (Fsp3) is 0.341. The van der Waals surface area contributed by atoms with Gasteiger partial charge in [0.05, 0.1) is 54.3 Å². The summed E-state index contributed by atoms with van der Waals surface area (Å²) >= 11 is 0. The van der Waals surface area contributed by atoms with Gasteiger partial charge in [0.1, 0.15) is 6.17 Å². The van der Waals surface area contributed by atoms with Crippen molar-refractivity contribution in [3.05, 3.63) is 94.5 Å². The van der Waals surface area contributed by atoms with Crippen LogP contribution in [0.2, 0.25) is 0 Å². The molecule has 4 aromatic carbocycles. The van der Waals surface area contributed by atoms with Crippen molar-refractivity contribution in [2.75, 3.05) is 54.1 Å². The summed E-state index contributed by atoms with van der Waals surface area (Å²) in [4.78, 5) is 12.7. The van der Waals surface area contributed by atoms with Crippen LogP contribution in [0.5, 0.6) is 40.2 Å². The van der Waals surface area contributed by atoms with Crippen LogP contribution in [-0.4, -0.2) is 54.7 Å². The van der Waals surface area contributed by atoms with Gasteiger partial charge < -0.3 is 43.8 Å². The fourth-order valence-electron chi connectivity index (χ4n) is 5.92. The molecule has 0 spiro atoms. The van der Waals surface area contributed by atoms with E-state index in [1.807, 2.05) is 85.8 Å². The van der Waals surface area contributed by atoms with Crippen molar-refractivity contribution in [2.45, 2.75) is 45.2 Å². The quantitative estimate of drug-likeness (QED) is 0.0783. The largest absolute Gasteiger partial charge is 0.493 e. The second-order valence-electron chi connectivity index (χ2n) is 12.2. The van der Waals surface area contributed by atoms with Crippen LogP contribution in [0, 0.1) is 6.92 Å². The molecule has 0 saturated heterocycles. The molecule has 51 heavy (non-hydrogen) atoms. The first kappa shape index (κ1) is 36.8. The average molecular weight is 697 g/mol. The summed E-state index contributed by atoms with van der Waals surface area (Å²) in [5.41, 5.74) is 5.28. The summed E-state index contributed by atoms with van der Waals surface area (Å²) in [6, 6.07) is 21.3. The molecule has 0 radical (unpaired) electrons. The predicted octanol–water partition coefficient (Wildman–Crippen LogP) is 8.47. The van der Waals surface area contributed by atoms with Crippen LogP contribution in [0.1, 0.15) is 70.9 Å². The number of nitrogens with one attached hydrogen (secondary N) is 2. The Morgan fingerprint density at radius 3 is 1.84 bits per heavy atom. The summed E-state index contributed by atoms with van der Waals surface area (Å²) in [7, 11) is 8.06. The molecule has 1 aliphatic rings. The van der Waals surface area contributed by atoms with E-state index >= 15 is 0 Å². The minimum atomic E-state index is -0.359. The Balaban J connectivity index is 1.04. The summed E-state index contributed by atoms with van der Waals surface area (Å²) in [6.45, 7) is 3.16. The molecule has 2 N–H and O–H groups in total. The zero-order valence-electron chi connectivity index (χ0n) is 30.3. The SMILES string of the molecule is COc1cc(C2NC(=O)c3cc(C)ccc3N2)ccc1OCCCCCCCOc1cc(C=Cc2cc(OC)c(OC)c(OC)c2)ccc1OC. The normalized spacial score (nSPS) is 13.5. The highest BCUT2D eigenvalue weighted by Gasteiger charge is 2.25. The number of carbonyl (C=O) groups excluding carboxylic acids is 1. The first-order valence-corrected chi connectivity index (χ1v) is 17.1. The number of benzene rings is 4. The molecule has 10 heteroatoms. The number of fused-ring (bicyclic) bond motifs is 1. The summed E-state index contributed by atoms with van der Waals surface area (Å²) in [5.74, 6) is 4.37. The lowest BCUT2D eigenvalue weighted by atomic mass is 10.0. The van der Waals surface area contributed by atoms with Crippen molar-refractivity contribution in [1.82, 2.24) is 5.32 Å². The molecule has 1 unspecified atom stereocenters. The third-order valence-electron chi connectivity index (χ3n) is 8.66. The average Bonchev–Trinajstić information content (AvgIpc) is 3.16. The third kappa shape index (κ3) is 9.39. The molecule has 1 atom stereocenters. The van der Waals surface area contributed by atoms with Gasteiger partial charge in [-0.25, -0.2) is 0 Å². The highest BCUT2D eigenvalue weighted by atomic mass is 16.5. The van der Waals surface area contributed by atoms with E-state index < -0.39 is 0 Å². The first-order chi connectivity index (χ1) is 24.9. The lowest BCUT2D eigenvalue weighted by molar-refractivity contribution is 0.0935. The molecule has 0 aromatic heterocycles. The summed E-state index contributed by atoms with van der Waals surface area (Å²) in [5, 5.41) is 6.43. The van der Waals surface area contributed by atoms with E-state index in [2.05, 4.69) is 10.6 Å². The lowest BCUT2D eigenvalue weighted by Crippen LogP contribution is -2.38. The van der Waals surface area contributed by atoms with Crippen LogP contribution in [0.25, 0.3) is 12.2 Å². The van der Waals surface area contributed by atoms with Crippen LogP contribution in [0.4, 0.5) is 5.69 Å². The van der Waals surface area contributed by atoms with E-state index in [9.17, 15) is 4.79 Å². The van der Waals surface area contributed by atoms with Crippen LogP contribution in [0.15, 0.2) is 66.7 Å². The number of ether oxygens (including phenoxy) is 7. The predicted molar refractivity (Wildman–Crippen MR) is 200 cm³/mol. The maximum absolute atomic E-state index is 12.7. The molecule has 1 heterocycles. The van der Waals surface area contributed by atoms with E-state index in [1.54, 1.807) is 35.5 Å². The van der Waals surface area contributed by atoms with E-state index in [1.165, 1.54) is 0 Å². The Hall–Kier alpha value is -5.51. The molecular weight excluding hydrogens is 648 g/mol. The minimum Gasteiger partial charge on any atom is -0.493 e. The number of amides is 1. The van der Waals surface area contributed by atoms with Gasteiger partial charge in [0.25, 0.3) is 5.91 Å². The van der Waals surface area contributed by atoms with Gasteiger partial charge in [0, 0.05) is 5.69 Å². The Labute approximate surface area is 300 Å². The van der Waals surface area contributed by atoms with Crippen molar-refractivity contribution < 1.29 is 38.0 Å². The van der Waals surface area contributed by atoms with E-state index in [-0.39, 0.29) is 12.1 Å². The van der Waals surface area contributed by atoms with Crippen LogP contribution in [-0.2, 0) is 0 Å². The highest BCUT2D eigenvalue weighted by Crippen LogP contribution is 2.39. The summed E-state index contributed by atoms with van der Waals surface area (Å²) in [6.07, 6.45) is 8.66. The van der Waals surface area contributed by atoms with Gasteiger partial charge in [-0.2, -0.15) is 0 Å². The molecule has 0 aliphatic carbocycles. The van der Waals surface area contributed by atoms with Crippen molar-refractivity contribution >= 4 is 23.7 Å². The monoisotopic (exact) mass is 696 g/mol. The number of hydrogen-bond acceptors (Lipinski definition) is 9. The van der Waals surface area contributed by atoms with Gasteiger partial charge in [-0.15, -0.1) is 0 Å². The molecule has 270 valence electrons. The van der Waals surface area contributed by atoms with Gasteiger partial charge in [0.2, 0.25) is 5.75 Å². The molecule has 4 aromatic rings. The number of hydrogen-bond donors (Lipinski definition) is 2. The van der Waals surface area contributed by atoms with Gasteiger partial charge in [0.15, 0.2) is 34.5 Å². The molecule has 1 amide bonds. The van der Waals surface area contributed by atoms with E-state index in [4.69, 9.17) is 33.2 Å². The topological polar surface area (TPSA) is 106 Å². The Kier molecular flexibility index (Phi) is 12.9. The van der Waals surface area contributed by atoms with Crippen molar-refractivity contribution in [1.29, 1.82) is 0 Å². The molecule has 0 bridgehead atoms. The number of carbonyl (C=O) groups is 1. The second-order valence-corrected chi connectivity index (χ2v) is 12.2. The lowest BCUT2D eigenvalue weighted by Gasteiger charge is -2.28. The maximum atomic E-state index is 12.7. The van der Waals surface area contributed by atoms with Gasteiger partial charge in [-0.05, 0) is 85.0 Å². The second kappa shape index (κ2) is 17.9. The third-order valence-corrected chi connectivity index (χ3v) is 8.66. The number of rotatable bonds is 18. The van der Waals surface area contributed by atoms with Crippen molar-refractivity contribution in [3.63, 3.8) is 0 Å². The van der Waals surface area contributed by atoms with Gasteiger partial charge in [-0.3, -0.25) is 4.79 Å². The Morgan fingerprint density at radius 2 is 1.18 bits per heavy atom. The molecule has 0 saturated carbocycles. The minimum absolute atomic E-state index is 0.102. The van der Waals surface area contributed by atoms with Crippen LogP contribution < -0.4 is 43.8 Å². The number of methoxy groups -OCH3 is 5. The molecular formula is C41H48N2O8. The fourth-order valence-corrected chi connectivity index (χ4v) is 5.92. The molecule has 5 rings (SSSR count). The Bertz CT molecular complexity index is 1800. The Morgan fingerprint density at radius 1 is 0.569 bits per heavy atom. The zero-order valence-corrected chi connectivity index (χ0v) is 30.3. The summed E-state index contributed by atoms with van der Waals surface area (Å²) < 4.78 is 39.8. The molecule has 0 fully saturated rings. The number of aryl methyl sites for hydroxylation is 1. The van der Waals surface area contributed by atoms with Crippen molar-refractivity contribution in [3.8, 4) is 40.2 Å². The van der Waals surface area contributed by atoms with Crippen molar-refractivity contribution in [2.24, 2.45) is 0 Å². The standard InChI is InChI=1S/C41H48N2O8/c1-27-12-17-32-31(22-27)41(44)43-40(42-32)30-16-19-34(35(26-30)46-3)50-20-10-8-7-9-11-21-51-36-23-28(15-18-33(36)45-2)13-14-29-24-37(47-4)39(49-6)38(25-29)48-5/h12-19,22-26,40,42H,7-11,20-21H2,1-6H3,(H,43,44). The van der Waals surface area contributed by atoms with Crippen LogP contribution >= 0.6 is 0 Å². The van der Waals surface area contributed by atoms with Crippen LogP contribution in [0.3, 0.4) is 0 Å². The molecule has 1 aliphatic heterocycles. The number of unbranched alkanes of at least 4 members (excludes halogenated alkanes) is 4. The van der Waals surface area contributed by atoms with E-state index in [0.29, 0.717) is 59.0 Å². The zero-order chi connectivity index (χ0) is 36.2. The molecule has 10 nitrogen and oxygen atoms in total.